The predicted molar refractivity (Wildman–Crippen MR) is 138 cm³/mol. The highest BCUT2D eigenvalue weighted by atomic mass is 32.1. The van der Waals surface area contributed by atoms with Crippen LogP contribution in [-0.2, 0) is 4.79 Å². The Morgan fingerprint density at radius 2 is 1.91 bits per heavy atom. The van der Waals surface area contributed by atoms with E-state index in [0.717, 1.165) is 63.2 Å². The zero-order valence-corrected chi connectivity index (χ0v) is 19.4. The summed E-state index contributed by atoms with van der Waals surface area (Å²) in [6, 6.07) is 12.3. The molecule has 0 bridgehead atoms. The molecular formula is C26H21N7OS. The summed E-state index contributed by atoms with van der Waals surface area (Å²) in [5.41, 5.74) is 7.56. The van der Waals surface area contributed by atoms with Crippen molar-refractivity contribution in [3.05, 3.63) is 72.3 Å². The fraction of sp³-hybridized carbons (Fsp3) is 0.154. The Morgan fingerprint density at radius 1 is 1.00 bits per heavy atom. The molecule has 2 aliphatic rings. The molecule has 1 amide bonds. The van der Waals surface area contributed by atoms with Gasteiger partial charge in [-0.15, -0.1) is 11.3 Å². The van der Waals surface area contributed by atoms with Gasteiger partial charge in [-0.1, -0.05) is 12.1 Å². The van der Waals surface area contributed by atoms with Crippen molar-refractivity contribution in [3.8, 4) is 21.6 Å². The van der Waals surface area contributed by atoms with Crippen molar-refractivity contribution in [3.63, 3.8) is 0 Å². The number of hydrogen-bond donors (Lipinski definition) is 4. The van der Waals surface area contributed by atoms with Crippen LogP contribution in [0, 0.1) is 5.92 Å². The van der Waals surface area contributed by atoms with Gasteiger partial charge < -0.3 is 16.0 Å². The van der Waals surface area contributed by atoms with Gasteiger partial charge in [-0.05, 0) is 48.1 Å². The van der Waals surface area contributed by atoms with Crippen LogP contribution in [0.3, 0.4) is 0 Å². The number of aromatic amines is 1. The number of H-pyrrole nitrogens is 1. The molecule has 1 aromatic carbocycles. The number of nitrogens with zero attached hydrogens (tertiary/aromatic N) is 3. The van der Waals surface area contributed by atoms with Crippen molar-refractivity contribution < 1.29 is 4.79 Å². The first-order chi connectivity index (χ1) is 17.2. The van der Waals surface area contributed by atoms with Crippen LogP contribution in [0.15, 0.2) is 66.6 Å². The van der Waals surface area contributed by atoms with Gasteiger partial charge in [0.2, 0.25) is 5.91 Å². The van der Waals surface area contributed by atoms with E-state index in [1.54, 1.807) is 17.5 Å². The maximum Gasteiger partial charge on any atom is 0.227 e. The molecule has 1 atom stereocenters. The Morgan fingerprint density at radius 3 is 2.77 bits per heavy atom. The van der Waals surface area contributed by atoms with Crippen LogP contribution >= 0.6 is 11.3 Å². The molecule has 1 aliphatic heterocycles. The summed E-state index contributed by atoms with van der Waals surface area (Å²) in [4.78, 5) is 22.1. The second-order valence-electron chi connectivity index (χ2n) is 8.90. The van der Waals surface area contributed by atoms with Gasteiger partial charge in [0.15, 0.2) is 0 Å². The summed E-state index contributed by atoms with van der Waals surface area (Å²) >= 11 is 1.69. The van der Waals surface area contributed by atoms with Crippen molar-refractivity contribution in [2.24, 2.45) is 5.92 Å². The second kappa shape index (κ2) is 7.92. The molecular weight excluding hydrogens is 458 g/mol. The number of carbonyl (C=O) groups excluding carboxylic acids is 1. The van der Waals surface area contributed by atoms with E-state index >= 15 is 0 Å². The van der Waals surface area contributed by atoms with E-state index in [1.807, 2.05) is 42.9 Å². The van der Waals surface area contributed by atoms with Gasteiger partial charge in [-0.3, -0.25) is 19.9 Å². The summed E-state index contributed by atoms with van der Waals surface area (Å²) in [7, 11) is 0. The molecule has 1 aliphatic carbocycles. The number of nitrogens with one attached hydrogen (secondary N) is 4. The molecule has 5 aromatic rings. The number of anilines is 3. The molecule has 1 unspecified atom stereocenters. The zero-order chi connectivity index (χ0) is 23.4. The fourth-order valence-corrected chi connectivity index (χ4v) is 5.25. The molecule has 9 heteroatoms. The largest absolute Gasteiger partial charge is 0.358 e. The van der Waals surface area contributed by atoms with E-state index in [1.165, 1.54) is 4.88 Å². The number of pyridine rings is 2. The Labute approximate surface area is 204 Å². The fourth-order valence-electron chi connectivity index (χ4n) is 4.51. The van der Waals surface area contributed by atoms with Crippen molar-refractivity contribution in [1.29, 1.82) is 0 Å². The van der Waals surface area contributed by atoms with Crippen molar-refractivity contribution in [2.75, 3.05) is 16.0 Å². The summed E-state index contributed by atoms with van der Waals surface area (Å²) in [6.07, 6.45) is 9.01. The van der Waals surface area contributed by atoms with Gasteiger partial charge in [0.25, 0.3) is 0 Å². The van der Waals surface area contributed by atoms with E-state index in [4.69, 9.17) is 0 Å². The Hall–Kier alpha value is -4.24. The Balaban J connectivity index is 1.21. The van der Waals surface area contributed by atoms with Crippen molar-refractivity contribution in [2.45, 2.75) is 19.0 Å². The summed E-state index contributed by atoms with van der Waals surface area (Å²) in [6.45, 7) is 0. The van der Waals surface area contributed by atoms with Crippen LogP contribution in [0.5, 0.6) is 0 Å². The lowest BCUT2D eigenvalue weighted by Gasteiger charge is -2.12. The van der Waals surface area contributed by atoms with Crippen LogP contribution in [-0.4, -0.2) is 26.1 Å². The zero-order valence-electron chi connectivity index (χ0n) is 18.6. The molecule has 0 radical (unpaired) electrons. The normalized spacial score (nSPS) is 16.5. The monoisotopic (exact) mass is 479 g/mol. The van der Waals surface area contributed by atoms with Gasteiger partial charge in [0.05, 0.1) is 40.7 Å². The number of hydrogen-bond acceptors (Lipinski definition) is 7. The van der Waals surface area contributed by atoms with E-state index in [9.17, 15) is 4.79 Å². The first-order valence-electron chi connectivity index (χ1n) is 11.5. The third-order valence-corrected chi connectivity index (χ3v) is 7.38. The van der Waals surface area contributed by atoms with Crippen LogP contribution in [0.1, 0.15) is 24.7 Å². The number of amides is 1. The lowest BCUT2D eigenvalue weighted by atomic mass is 10.0. The third kappa shape index (κ3) is 3.60. The average Bonchev–Trinajstić information content (AvgIpc) is 3.26. The third-order valence-electron chi connectivity index (χ3n) is 6.48. The predicted octanol–water partition coefficient (Wildman–Crippen LogP) is 5.63. The van der Waals surface area contributed by atoms with Crippen LogP contribution in [0.4, 0.5) is 17.1 Å². The van der Waals surface area contributed by atoms with Crippen LogP contribution in [0.25, 0.3) is 32.5 Å². The van der Waals surface area contributed by atoms with Gasteiger partial charge >= 0.3 is 0 Å². The van der Waals surface area contributed by atoms with Crippen LogP contribution in [0.2, 0.25) is 0 Å². The number of aromatic nitrogens is 4. The number of benzene rings is 1. The first-order valence-corrected chi connectivity index (χ1v) is 12.4. The van der Waals surface area contributed by atoms with Gasteiger partial charge in [-0.2, -0.15) is 5.10 Å². The van der Waals surface area contributed by atoms with E-state index in [2.05, 4.69) is 53.6 Å². The lowest BCUT2D eigenvalue weighted by molar-refractivity contribution is -0.117. The molecule has 0 saturated heterocycles. The molecule has 172 valence electrons. The minimum absolute atomic E-state index is 0.0749. The number of rotatable bonds is 5. The summed E-state index contributed by atoms with van der Waals surface area (Å²) in [5.74, 6) is 0.223. The standard InChI is InChI=1S/C26H21N7OS/c34-26(14-3-4-14)29-17-8-16(10-27-11-17)15-5-6-20-18(9-15)24(33-32-20)25-30-21-13-28-12-19(23(21)31-25)22-2-1-7-35-22/h1-2,5-14,25,30-31H,3-4H2,(H,29,34)(H,32,33). The minimum Gasteiger partial charge on any atom is -0.358 e. The maximum absolute atomic E-state index is 12.2. The lowest BCUT2D eigenvalue weighted by Crippen LogP contribution is -2.13. The van der Waals surface area contributed by atoms with Gasteiger partial charge in [-0.25, -0.2) is 0 Å². The SMILES string of the molecule is O=C(Nc1cncc(-c2ccc3n[nH]c(C4Nc5cncc(-c6cccs6)c5N4)c3c2)c1)C1CC1. The van der Waals surface area contributed by atoms with Crippen LogP contribution < -0.4 is 16.0 Å². The highest BCUT2D eigenvalue weighted by Gasteiger charge is 2.30. The smallest absolute Gasteiger partial charge is 0.227 e. The van der Waals surface area contributed by atoms with E-state index in [0.29, 0.717) is 0 Å². The van der Waals surface area contributed by atoms with Gasteiger partial charge in [0.1, 0.15) is 6.17 Å². The Kier molecular flexibility index (Phi) is 4.56. The first kappa shape index (κ1) is 20.2. The topological polar surface area (TPSA) is 108 Å². The molecule has 5 heterocycles. The summed E-state index contributed by atoms with van der Waals surface area (Å²) < 4.78 is 0. The van der Waals surface area contributed by atoms with Crippen molar-refractivity contribution >= 4 is 45.2 Å². The minimum atomic E-state index is -0.171. The Bertz CT molecular complexity index is 1570. The molecule has 1 fully saturated rings. The highest BCUT2D eigenvalue weighted by Crippen LogP contribution is 2.43. The molecule has 8 nitrogen and oxygen atoms in total. The molecule has 4 N–H and O–H groups in total. The highest BCUT2D eigenvalue weighted by molar-refractivity contribution is 7.13. The molecule has 0 spiro atoms. The number of fused-ring (bicyclic) bond motifs is 2. The molecule has 1 saturated carbocycles. The maximum atomic E-state index is 12.2. The molecule has 7 rings (SSSR count). The molecule has 4 aromatic heterocycles. The van der Waals surface area contributed by atoms with E-state index < -0.39 is 0 Å². The van der Waals surface area contributed by atoms with Crippen molar-refractivity contribution in [1.82, 2.24) is 20.2 Å². The second-order valence-corrected chi connectivity index (χ2v) is 9.85. The number of thiophene rings is 1. The summed E-state index contributed by atoms with van der Waals surface area (Å²) in [5, 5.41) is 21.0. The quantitative estimate of drug-likeness (QED) is 0.260. The molecule has 35 heavy (non-hydrogen) atoms. The van der Waals surface area contributed by atoms with Gasteiger partial charge in [0, 0.05) is 39.7 Å². The average molecular weight is 480 g/mol. The van der Waals surface area contributed by atoms with E-state index in [-0.39, 0.29) is 18.0 Å². The number of carbonyl (C=O) groups is 1.